The van der Waals surface area contributed by atoms with Crippen molar-refractivity contribution in [2.24, 2.45) is 0 Å². The molecule has 3 aromatic rings. The molecule has 0 radical (unpaired) electrons. The van der Waals surface area contributed by atoms with E-state index in [0.29, 0.717) is 21.5 Å². The van der Waals surface area contributed by atoms with Gasteiger partial charge in [0.2, 0.25) is 6.33 Å². The average molecular weight is 367 g/mol. The Morgan fingerprint density at radius 2 is 1.37 bits per heavy atom. The van der Waals surface area contributed by atoms with Crippen molar-refractivity contribution in [3.8, 4) is 0 Å². The Morgan fingerprint density at radius 3 is 1.93 bits per heavy atom. The van der Waals surface area contributed by atoms with Crippen molar-refractivity contribution >= 4 is 23.2 Å². The molecule has 8 nitrogen and oxygen atoms in total. The van der Waals surface area contributed by atoms with Crippen LogP contribution in [0.2, 0.25) is 0 Å². The van der Waals surface area contributed by atoms with Crippen LogP contribution in [0.3, 0.4) is 0 Å². The number of aromatic nitrogens is 2. The van der Waals surface area contributed by atoms with Crippen LogP contribution in [0, 0.1) is 0 Å². The largest absolute Gasteiger partial charge is 0.292 e. The Hall–Kier alpha value is -3.49. The minimum atomic E-state index is -0.525. The number of hydrogen-bond donors (Lipinski definition) is 2. The molecule has 2 aromatic carbocycles. The van der Waals surface area contributed by atoms with Crippen molar-refractivity contribution in [2.75, 3.05) is 10.1 Å². The summed E-state index contributed by atoms with van der Waals surface area (Å²) >= 11 is 0. The van der Waals surface area contributed by atoms with Gasteiger partial charge in [-0.25, -0.2) is 9.13 Å². The highest BCUT2D eigenvalue weighted by atomic mass is 16.5. The monoisotopic (exact) mass is 367 g/mol. The summed E-state index contributed by atoms with van der Waals surface area (Å²) in [5, 5.41) is 21.1. The molecule has 8 heteroatoms. The summed E-state index contributed by atoms with van der Waals surface area (Å²) in [5.74, 6) is -1.05. The second kappa shape index (κ2) is 8.26. The van der Waals surface area contributed by atoms with Gasteiger partial charge in [-0.05, 0) is 24.3 Å². The minimum absolute atomic E-state index is 0.103. The van der Waals surface area contributed by atoms with Crippen LogP contribution in [0.1, 0.15) is 0 Å². The topological polar surface area (TPSA) is 89.9 Å². The van der Waals surface area contributed by atoms with Crippen molar-refractivity contribution in [3.63, 3.8) is 0 Å². The van der Waals surface area contributed by atoms with Gasteiger partial charge >= 0.3 is 0 Å². The third kappa shape index (κ3) is 4.57. The van der Waals surface area contributed by atoms with E-state index in [0.717, 1.165) is 0 Å². The highest BCUT2D eigenvalue weighted by molar-refractivity contribution is 5.91. The number of para-hydroxylation sites is 2. The number of nitrogens with zero attached hydrogens (tertiary/aromatic N) is 4. The highest BCUT2D eigenvalue weighted by Crippen LogP contribution is 2.12. The van der Waals surface area contributed by atoms with E-state index in [1.165, 1.54) is 9.13 Å². The van der Waals surface area contributed by atoms with Crippen LogP contribution >= 0.6 is 0 Å². The van der Waals surface area contributed by atoms with Gasteiger partial charge in [-0.1, -0.05) is 36.4 Å². The summed E-state index contributed by atoms with van der Waals surface area (Å²) in [4.78, 5) is 24.3. The van der Waals surface area contributed by atoms with E-state index < -0.39 is 11.8 Å². The molecule has 0 aliphatic heterocycles. The van der Waals surface area contributed by atoms with Gasteiger partial charge < -0.3 is 0 Å². The maximum absolute atomic E-state index is 12.2. The molecule has 0 fully saturated rings. The van der Waals surface area contributed by atoms with Gasteiger partial charge in [0.25, 0.3) is 11.8 Å². The van der Waals surface area contributed by atoms with Gasteiger partial charge in [-0.15, -0.1) is 0 Å². The first-order valence-corrected chi connectivity index (χ1v) is 8.23. The molecule has 1 heterocycles. The fraction of sp³-hybridized carbons (Fsp3) is 0.105. The Balaban J connectivity index is 1.60. The smallest absolute Gasteiger partial charge is 0.281 e. The molecule has 2 N–H and O–H groups in total. The summed E-state index contributed by atoms with van der Waals surface area (Å²) in [7, 11) is 0. The fourth-order valence-corrected chi connectivity index (χ4v) is 2.50. The molecule has 0 unspecified atom stereocenters. The van der Waals surface area contributed by atoms with Gasteiger partial charge in [0.1, 0.15) is 12.4 Å². The molecule has 0 atom stereocenters. The lowest BCUT2D eigenvalue weighted by Crippen LogP contribution is -2.42. The lowest BCUT2D eigenvalue weighted by Gasteiger charge is -2.13. The molecule has 0 saturated carbocycles. The Morgan fingerprint density at radius 1 is 0.852 bits per heavy atom. The van der Waals surface area contributed by atoms with E-state index in [9.17, 15) is 20.0 Å². The maximum atomic E-state index is 12.2. The summed E-state index contributed by atoms with van der Waals surface area (Å²) < 4.78 is 3.07. The number of imidazole rings is 1. The molecular weight excluding hydrogens is 348 g/mol. The van der Waals surface area contributed by atoms with E-state index in [1.807, 2.05) is 0 Å². The minimum Gasteiger partial charge on any atom is -0.281 e. The fourth-order valence-electron chi connectivity index (χ4n) is 2.50. The van der Waals surface area contributed by atoms with Crippen molar-refractivity contribution < 1.29 is 24.6 Å². The molecule has 0 aliphatic carbocycles. The normalized spacial score (nSPS) is 10.4. The number of anilines is 2. The van der Waals surface area contributed by atoms with Crippen LogP contribution in [0.4, 0.5) is 11.4 Å². The first-order valence-electron chi connectivity index (χ1n) is 8.23. The summed E-state index contributed by atoms with van der Waals surface area (Å²) in [5.41, 5.74) is 0.744. The second-order valence-corrected chi connectivity index (χ2v) is 5.84. The van der Waals surface area contributed by atoms with Crippen LogP contribution in [0.15, 0.2) is 79.4 Å². The van der Waals surface area contributed by atoms with Crippen molar-refractivity contribution in [1.29, 1.82) is 0 Å². The first-order chi connectivity index (χ1) is 13.0. The van der Waals surface area contributed by atoms with Gasteiger partial charge in [0, 0.05) is 0 Å². The van der Waals surface area contributed by atoms with E-state index >= 15 is 0 Å². The molecule has 27 heavy (non-hydrogen) atoms. The SMILES string of the molecule is O=C(Cn1cc[n+](CC(=O)N(O)c2ccccc2)c1)N(O)c1ccccc1. The lowest BCUT2D eigenvalue weighted by molar-refractivity contribution is -0.683. The molecule has 138 valence electrons. The van der Waals surface area contributed by atoms with Gasteiger partial charge in [0.15, 0.2) is 13.1 Å². The van der Waals surface area contributed by atoms with E-state index in [1.54, 1.807) is 79.4 Å². The zero-order chi connectivity index (χ0) is 19.2. The zero-order valence-corrected chi connectivity index (χ0v) is 14.4. The predicted molar refractivity (Wildman–Crippen MR) is 96.1 cm³/mol. The average Bonchev–Trinajstić information content (AvgIpc) is 3.14. The molecule has 1 aromatic heterocycles. The zero-order valence-electron chi connectivity index (χ0n) is 14.4. The van der Waals surface area contributed by atoms with Gasteiger partial charge in [-0.3, -0.25) is 20.0 Å². The summed E-state index contributed by atoms with van der Waals surface area (Å²) in [6.07, 6.45) is 4.76. The number of hydrogen-bond acceptors (Lipinski definition) is 4. The number of rotatable bonds is 6. The van der Waals surface area contributed by atoms with Crippen molar-refractivity contribution in [1.82, 2.24) is 4.57 Å². The summed E-state index contributed by atoms with van der Waals surface area (Å²) in [6.45, 7) is -0.206. The number of amides is 2. The standard InChI is InChI=1S/C19H19N4O4/c24-18(22(26)16-7-3-1-4-8-16)13-20-11-12-21(15-20)14-19(25)23(27)17-9-5-2-6-10-17/h1-12,15,26-27H,13-14H2/q+1. The number of carbonyl (C=O) groups excluding carboxylic acids is 2. The Labute approximate surface area is 155 Å². The maximum Gasteiger partial charge on any atom is 0.292 e. The highest BCUT2D eigenvalue weighted by Gasteiger charge is 2.19. The molecule has 0 aliphatic rings. The third-order valence-corrected chi connectivity index (χ3v) is 3.86. The quantitative estimate of drug-likeness (QED) is 0.394. The Kier molecular flexibility index (Phi) is 5.60. The molecule has 0 spiro atoms. The molecule has 0 bridgehead atoms. The van der Waals surface area contributed by atoms with Crippen LogP contribution in [-0.4, -0.2) is 26.8 Å². The lowest BCUT2D eigenvalue weighted by atomic mass is 10.3. The second-order valence-electron chi connectivity index (χ2n) is 5.84. The van der Waals surface area contributed by atoms with Crippen LogP contribution in [0.25, 0.3) is 0 Å². The van der Waals surface area contributed by atoms with Crippen molar-refractivity contribution in [3.05, 3.63) is 79.4 Å². The van der Waals surface area contributed by atoms with Crippen LogP contribution < -0.4 is 14.7 Å². The van der Waals surface area contributed by atoms with Crippen LogP contribution in [0.5, 0.6) is 0 Å². The predicted octanol–water partition coefficient (Wildman–Crippen LogP) is 1.62. The number of carbonyl (C=O) groups is 2. The molecule has 3 rings (SSSR count). The Bertz CT molecular complexity index is 838. The van der Waals surface area contributed by atoms with E-state index in [2.05, 4.69) is 0 Å². The third-order valence-electron chi connectivity index (χ3n) is 3.86. The van der Waals surface area contributed by atoms with Crippen molar-refractivity contribution in [2.45, 2.75) is 13.1 Å². The number of benzene rings is 2. The first kappa shape index (κ1) is 18.3. The van der Waals surface area contributed by atoms with Gasteiger partial charge in [-0.2, -0.15) is 10.1 Å². The molecule has 2 amide bonds. The molecular formula is C19H19N4O4+. The summed E-state index contributed by atoms with van der Waals surface area (Å²) in [6, 6.07) is 16.9. The number of hydroxylamine groups is 2. The van der Waals surface area contributed by atoms with Crippen LogP contribution in [-0.2, 0) is 22.7 Å². The van der Waals surface area contributed by atoms with E-state index in [4.69, 9.17) is 0 Å². The molecule has 0 saturated heterocycles. The van der Waals surface area contributed by atoms with E-state index in [-0.39, 0.29) is 13.1 Å². The van der Waals surface area contributed by atoms with Gasteiger partial charge in [0.05, 0.1) is 11.4 Å².